The first kappa shape index (κ1) is 15.6. The second kappa shape index (κ2) is 5.19. The highest BCUT2D eigenvalue weighted by Crippen LogP contribution is 2.50. The molecular formula is C14H16Cl2O4. The van der Waals surface area contributed by atoms with Crippen LogP contribution in [0.5, 0.6) is 0 Å². The number of hydrogen-bond donors (Lipinski definition) is 1. The van der Waals surface area contributed by atoms with E-state index in [0.29, 0.717) is 15.6 Å². The van der Waals surface area contributed by atoms with E-state index in [4.69, 9.17) is 32.7 Å². The molecule has 1 aliphatic rings. The summed E-state index contributed by atoms with van der Waals surface area (Å²) in [7, 11) is 0. The number of hydrogen-bond acceptors (Lipinski definition) is 3. The average molecular weight is 319 g/mol. The van der Waals surface area contributed by atoms with E-state index in [0.717, 1.165) is 0 Å². The van der Waals surface area contributed by atoms with E-state index in [1.165, 1.54) is 0 Å². The standard InChI is InChI=1S/C14H16Cl2O4/c1-4-14(12(17)18)11(19-13(2,3)20-14)10-8(15)6-5-7-9(10)16/h5-7,11H,4H2,1-3H3,(H,17,18)/t11-,14+/m1/s1. The van der Waals surface area contributed by atoms with Crippen LogP contribution in [0.1, 0.15) is 38.9 Å². The zero-order chi connectivity index (χ0) is 15.1. The van der Waals surface area contributed by atoms with Gasteiger partial charge in [-0.2, -0.15) is 0 Å². The van der Waals surface area contributed by atoms with Gasteiger partial charge in [-0.25, -0.2) is 4.79 Å². The normalized spacial score (nSPS) is 28.6. The van der Waals surface area contributed by atoms with Gasteiger partial charge in [0.05, 0.1) is 0 Å². The smallest absolute Gasteiger partial charge is 0.339 e. The summed E-state index contributed by atoms with van der Waals surface area (Å²) >= 11 is 12.4. The molecule has 0 unspecified atom stereocenters. The van der Waals surface area contributed by atoms with Crippen molar-refractivity contribution >= 4 is 29.2 Å². The lowest BCUT2D eigenvalue weighted by Crippen LogP contribution is -2.43. The minimum absolute atomic E-state index is 0.234. The minimum atomic E-state index is -1.50. The lowest BCUT2D eigenvalue weighted by Gasteiger charge is -2.28. The van der Waals surface area contributed by atoms with Gasteiger partial charge in [-0.15, -0.1) is 0 Å². The van der Waals surface area contributed by atoms with Gasteiger partial charge < -0.3 is 14.6 Å². The Morgan fingerprint density at radius 2 is 1.90 bits per heavy atom. The van der Waals surface area contributed by atoms with Crippen molar-refractivity contribution < 1.29 is 19.4 Å². The molecule has 1 saturated heterocycles. The molecule has 0 spiro atoms. The summed E-state index contributed by atoms with van der Waals surface area (Å²) in [4.78, 5) is 11.8. The van der Waals surface area contributed by atoms with E-state index >= 15 is 0 Å². The van der Waals surface area contributed by atoms with Crippen LogP contribution in [0.25, 0.3) is 0 Å². The second-order valence-corrected chi connectivity index (χ2v) is 6.00. The maximum Gasteiger partial charge on any atom is 0.339 e. The van der Waals surface area contributed by atoms with Gasteiger partial charge in [-0.1, -0.05) is 36.2 Å². The number of rotatable bonds is 3. The predicted molar refractivity (Wildman–Crippen MR) is 76.1 cm³/mol. The fraction of sp³-hybridized carbons (Fsp3) is 0.500. The van der Waals surface area contributed by atoms with Crippen molar-refractivity contribution in [3.63, 3.8) is 0 Å². The maximum absolute atomic E-state index is 11.8. The van der Waals surface area contributed by atoms with Gasteiger partial charge in [-0.05, 0) is 32.4 Å². The summed E-state index contributed by atoms with van der Waals surface area (Å²) in [6.45, 7) is 5.08. The fourth-order valence-electron chi connectivity index (χ4n) is 2.51. The Morgan fingerprint density at radius 3 is 2.35 bits per heavy atom. The summed E-state index contributed by atoms with van der Waals surface area (Å²) in [6, 6.07) is 5.00. The third-order valence-corrected chi connectivity index (χ3v) is 4.06. The molecule has 1 heterocycles. The quantitative estimate of drug-likeness (QED) is 0.913. The Kier molecular flexibility index (Phi) is 4.04. The zero-order valence-corrected chi connectivity index (χ0v) is 13.0. The van der Waals surface area contributed by atoms with Gasteiger partial charge in [-0.3, -0.25) is 0 Å². The second-order valence-electron chi connectivity index (χ2n) is 5.18. The number of halogens is 2. The SMILES string of the molecule is CC[C@]1(C(=O)O)OC(C)(C)O[C@@H]1c1c(Cl)cccc1Cl. The van der Waals surface area contributed by atoms with Crippen molar-refractivity contribution in [2.45, 2.75) is 44.7 Å². The molecule has 0 aliphatic carbocycles. The molecule has 0 saturated carbocycles. The predicted octanol–water partition coefficient (Wildman–Crippen LogP) is 4.05. The molecule has 2 rings (SSSR count). The summed E-state index contributed by atoms with van der Waals surface area (Å²) in [5, 5.41) is 10.3. The van der Waals surface area contributed by atoms with E-state index in [-0.39, 0.29) is 6.42 Å². The van der Waals surface area contributed by atoms with E-state index in [2.05, 4.69) is 0 Å². The van der Waals surface area contributed by atoms with Crippen molar-refractivity contribution in [2.75, 3.05) is 0 Å². The lowest BCUT2D eigenvalue weighted by atomic mass is 9.88. The molecule has 1 aromatic rings. The van der Waals surface area contributed by atoms with Gasteiger partial charge in [0.1, 0.15) is 6.10 Å². The molecule has 4 nitrogen and oxygen atoms in total. The lowest BCUT2D eigenvalue weighted by molar-refractivity contribution is -0.185. The minimum Gasteiger partial charge on any atom is -0.479 e. The number of carboxylic acid groups (broad SMARTS) is 1. The van der Waals surface area contributed by atoms with Crippen LogP contribution in [0, 0.1) is 0 Å². The van der Waals surface area contributed by atoms with Gasteiger partial charge in [0.15, 0.2) is 11.4 Å². The maximum atomic E-state index is 11.8. The highest BCUT2D eigenvalue weighted by Gasteiger charge is 2.59. The molecule has 6 heteroatoms. The summed E-state index contributed by atoms with van der Waals surface area (Å²) in [5.41, 5.74) is -1.05. The number of ether oxygens (including phenoxy) is 2. The Hall–Kier alpha value is -0.810. The van der Waals surface area contributed by atoms with Crippen LogP contribution in [-0.4, -0.2) is 22.5 Å². The highest BCUT2D eigenvalue weighted by atomic mass is 35.5. The Bertz CT molecular complexity index is 524. The molecule has 1 N–H and O–H groups in total. The number of carboxylic acids is 1. The highest BCUT2D eigenvalue weighted by molar-refractivity contribution is 6.36. The van der Waals surface area contributed by atoms with E-state index in [9.17, 15) is 9.90 Å². The zero-order valence-electron chi connectivity index (χ0n) is 11.4. The molecule has 1 fully saturated rings. The molecule has 1 aromatic carbocycles. The largest absolute Gasteiger partial charge is 0.479 e. The van der Waals surface area contributed by atoms with Crippen LogP contribution in [0.15, 0.2) is 18.2 Å². The summed E-state index contributed by atoms with van der Waals surface area (Å²) < 4.78 is 11.5. The van der Waals surface area contributed by atoms with Gasteiger partial charge in [0, 0.05) is 15.6 Å². The third-order valence-electron chi connectivity index (χ3n) is 3.40. The molecule has 1 aliphatic heterocycles. The Labute approximate surface area is 127 Å². The first-order valence-corrected chi connectivity index (χ1v) is 7.04. The van der Waals surface area contributed by atoms with Crippen molar-refractivity contribution in [3.8, 4) is 0 Å². The third kappa shape index (κ3) is 2.42. The Balaban J connectivity index is 2.61. The summed E-state index contributed by atoms with van der Waals surface area (Å²) in [5.74, 6) is -2.12. The number of benzene rings is 1. The molecule has 0 bridgehead atoms. The molecule has 0 aromatic heterocycles. The van der Waals surface area contributed by atoms with Crippen LogP contribution in [0.3, 0.4) is 0 Å². The van der Waals surface area contributed by atoms with Crippen LogP contribution in [0.2, 0.25) is 10.0 Å². The fourth-order valence-corrected chi connectivity index (χ4v) is 3.11. The van der Waals surface area contributed by atoms with Crippen LogP contribution in [0.4, 0.5) is 0 Å². The number of carbonyl (C=O) groups is 1. The van der Waals surface area contributed by atoms with Crippen LogP contribution >= 0.6 is 23.2 Å². The molecule has 20 heavy (non-hydrogen) atoms. The van der Waals surface area contributed by atoms with Crippen molar-refractivity contribution in [1.29, 1.82) is 0 Å². The van der Waals surface area contributed by atoms with E-state index in [1.807, 2.05) is 0 Å². The molecule has 0 radical (unpaired) electrons. The Morgan fingerprint density at radius 1 is 1.35 bits per heavy atom. The molecule has 0 amide bonds. The van der Waals surface area contributed by atoms with Gasteiger partial charge in [0.25, 0.3) is 0 Å². The van der Waals surface area contributed by atoms with Crippen molar-refractivity contribution in [2.24, 2.45) is 0 Å². The molecular weight excluding hydrogens is 303 g/mol. The van der Waals surface area contributed by atoms with E-state index < -0.39 is 23.5 Å². The van der Waals surface area contributed by atoms with Gasteiger partial charge >= 0.3 is 5.97 Å². The topological polar surface area (TPSA) is 55.8 Å². The summed E-state index contributed by atoms with van der Waals surface area (Å²) in [6.07, 6.45) is -0.626. The average Bonchev–Trinajstić information content (AvgIpc) is 2.61. The van der Waals surface area contributed by atoms with Crippen molar-refractivity contribution in [1.82, 2.24) is 0 Å². The monoisotopic (exact) mass is 318 g/mol. The first-order valence-electron chi connectivity index (χ1n) is 6.29. The van der Waals surface area contributed by atoms with Crippen molar-refractivity contribution in [3.05, 3.63) is 33.8 Å². The number of aliphatic carboxylic acids is 1. The van der Waals surface area contributed by atoms with E-state index in [1.54, 1.807) is 39.0 Å². The first-order chi connectivity index (χ1) is 9.23. The van der Waals surface area contributed by atoms with Gasteiger partial charge in [0.2, 0.25) is 0 Å². The van der Waals surface area contributed by atoms with Crippen LogP contribution < -0.4 is 0 Å². The van der Waals surface area contributed by atoms with Crippen LogP contribution in [-0.2, 0) is 14.3 Å². The molecule has 2 atom stereocenters. The molecule has 110 valence electrons.